The number of likely N-dealkylation sites (N-methyl/N-ethyl adjacent to an activating group) is 1. The van der Waals surface area contributed by atoms with Crippen LogP contribution < -0.4 is 5.32 Å². The highest BCUT2D eigenvalue weighted by Gasteiger charge is 2.12. The lowest BCUT2D eigenvalue weighted by atomic mass is 10.2. The van der Waals surface area contributed by atoms with Crippen LogP contribution in [0.1, 0.15) is 34.1 Å². The van der Waals surface area contributed by atoms with E-state index in [0.29, 0.717) is 6.04 Å². The summed E-state index contributed by atoms with van der Waals surface area (Å²) in [5.74, 6) is 0.739. The van der Waals surface area contributed by atoms with E-state index in [1.165, 1.54) is 19.5 Å². The fourth-order valence-electron chi connectivity index (χ4n) is 1.88. The zero-order valence-corrected chi connectivity index (χ0v) is 12.8. The molecule has 0 rings (SSSR count). The van der Waals surface area contributed by atoms with Gasteiger partial charge < -0.3 is 10.2 Å². The first-order valence-corrected chi connectivity index (χ1v) is 7.06. The molecule has 17 heavy (non-hydrogen) atoms. The standard InChI is InChI=1S/C14H33N3/c1-7-8-17(10-9-16(5)6)14(4)12-15-11-13(2)3/h13-15H,7-12H2,1-6H3. The normalized spacial score (nSPS) is 13.9. The number of nitrogens with one attached hydrogen (secondary N) is 1. The summed E-state index contributed by atoms with van der Waals surface area (Å²) < 4.78 is 0. The first-order valence-electron chi connectivity index (χ1n) is 7.06. The molecule has 0 amide bonds. The van der Waals surface area contributed by atoms with E-state index < -0.39 is 0 Å². The van der Waals surface area contributed by atoms with Crippen LogP contribution in [0, 0.1) is 5.92 Å². The van der Waals surface area contributed by atoms with Gasteiger partial charge in [-0.15, -0.1) is 0 Å². The second-order valence-corrected chi connectivity index (χ2v) is 5.74. The highest BCUT2D eigenvalue weighted by atomic mass is 15.2. The highest BCUT2D eigenvalue weighted by Crippen LogP contribution is 2.00. The van der Waals surface area contributed by atoms with Gasteiger partial charge >= 0.3 is 0 Å². The minimum Gasteiger partial charge on any atom is -0.315 e. The lowest BCUT2D eigenvalue weighted by Gasteiger charge is -2.30. The molecule has 3 nitrogen and oxygen atoms in total. The van der Waals surface area contributed by atoms with Crippen LogP contribution in [0.5, 0.6) is 0 Å². The molecule has 0 aliphatic carbocycles. The van der Waals surface area contributed by atoms with Gasteiger partial charge in [-0.1, -0.05) is 20.8 Å². The van der Waals surface area contributed by atoms with Crippen LogP contribution in [0.2, 0.25) is 0 Å². The van der Waals surface area contributed by atoms with E-state index in [9.17, 15) is 0 Å². The monoisotopic (exact) mass is 243 g/mol. The van der Waals surface area contributed by atoms with Crippen LogP contribution in [0.25, 0.3) is 0 Å². The molecule has 104 valence electrons. The quantitative estimate of drug-likeness (QED) is 0.632. The van der Waals surface area contributed by atoms with Gasteiger partial charge in [0.05, 0.1) is 0 Å². The van der Waals surface area contributed by atoms with Gasteiger partial charge in [-0.2, -0.15) is 0 Å². The van der Waals surface area contributed by atoms with E-state index in [4.69, 9.17) is 0 Å². The molecular formula is C14H33N3. The number of rotatable bonds is 10. The Hall–Kier alpha value is -0.120. The summed E-state index contributed by atoms with van der Waals surface area (Å²) in [7, 11) is 4.29. The zero-order chi connectivity index (χ0) is 13.3. The second-order valence-electron chi connectivity index (χ2n) is 5.74. The Balaban J connectivity index is 3.91. The predicted octanol–water partition coefficient (Wildman–Crippen LogP) is 1.89. The Kier molecular flexibility index (Phi) is 9.79. The Bertz CT molecular complexity index is 169. The van der Waals surface area contributed by atoms with Crippen molar-refractivity contribution in [2.24, 2.45) is 5.92 Å². The van der Waals surface area contributed by atoms with Crippen LogP contribution in [-0.2, 0) is 0 Å². The van der Waals surface area contributed by atoms with Crippen molar-refractivity contribution in [3.8, 4) is 0 Å². The molecule has 0 aromatic heterocycles. The van der Waals surface area contributed by atoms with Gasteiger partial charge in [0.15, 0.2) is 0 Å². The van der Waals surface area contributed by atoms with Crippen LogP contribution in [0.15, 0.2) is 0 Å². The maximum Gasteiger partial charge on any atom is 0.0192 e. The lowest BCUT2D eigenvalue weighted by Crippen LogP contribution is -2.44. The topological polar surface area (TPSA) is 18.5 Å². The smallest absolute Gasteiger partial charge is 0.0192 e. The lowest BCUT2D eigenvalue weighted by molar-refractivity contribution is 0.184. The van der Waals surface area contributed by atoms with Gasteiger partial charge in [-0.3, -0.25) is 4.90 Å². The Morgan fingerprint density at radius 2 is 1.59 bits per heavy atom. The molecule has 0 aliphatic heterocycles. The average Bonchev–Trinajstić information content (AvgIpc) is 2.23. The van der Waals surface area contributed by atoms with Gasteiger partial charge in [-0.25, -0.2) is 0 Å². The van der Waals surface area contributed by atoms with E-state index in [2.05, 4.69) is 56.9 Å². The van der Waals surface area contributed by atoms with Crippen molar-refractivity contribution >= 4 is 0 Å². The largest absolute Gasteiger partial charge is 0.315 e. The van der Waals surface area contributed by atoms with Gasteiger partial charge in [0, 0.05) is 25.7 Å². The second kappa shape index (κ2) is 9.86. The van der Waals surface area contributed by atoms with Crippen LogP contribution in [0.3, 0.4) is 0 Å². The van der Waals surface area contributed by atoms with E-state index in [-0.39, 0.29) is 0 Å². The predicted molar refractivity (Wildman–Crippen MR) is 77.6 cm³/mol. The van der Waals surface area contributed by atoms with Crippen molar-refractivity contribution < 1.29 is 0 Å². The minimum atomic E-state index is 0.633. The highest BCUT2D eigenvalue weighted by molar-refractivity contribution is 4.70. The zero-order valence-electron chi connectivity index (χ0n) is 12.8. The number of nitrogens with zero attached hydrogens (tertiary/aromatic N) is 2. The van der Waals surface area contributed by atoms with Crippen LogP contribution in [-0.4, -0.2) is 62.7 Å². The maximum absolute atomic E-state index is 3.56. The van der Waals surface area contributed by atoms with Crippen molar-refractivity contribution in [1.29, 1.82) is 0 Å². The molecule has 1 atom stereocenters. The molecule has 0 saturated heterocycles. The summed E-state index contributed by atoms with van der Waals surface area (Å²) in [4.78, 5) is 4.85. The fourth-order valence-corrected chi connectivity index (χ4v) is 1.88. The summed E-state index contributed by atoms with van der Waals surface area (Å²) in [6, 6.07) is 0.633. The summed E-state index contributed by atoms with van der Waals surface area (Å²) in [5, 5.41) is 3.56. The van der Waals surface area contributed by atoms with Crippen molar-refractivity contribution in [3.05, 3.63) is 0 Å². The molecule has 1 N–H and O–H groups in total. The molecule has 3 heteroatoms. The average molecular weight is 243 g/mol. The van der Waals surface area contributed by atoms with Gasteiger partial charge in [0.1, 0.15) is 0 Å². The van der Waals surface area contributed by atoms with Crippen LogP contribution >= 0.6 is 0 Å². The first kappa shape index (κ1) is 16.9. The minimum absolute atomic E-state index is 0.633. The Morgan fingerprint density at radius 1 is 0.941 bits per heavy atom. The number of hydrogen-bond acceptors (Lipinski definition) is 3. The SMILES string of the molecule is CCCN(CCN(C)C)C(C)CNCC(C)C. The summed E-state index contributed by atoms with van der Waals surface area (Å²) in [6.45, 7) is 14.9. The van der Waals surface area contributed by atoms with Gasteiger partial charge in [0.25, 0.3) is 0 Å². The van der Waals surface area contributed by atoms with E-state index >= 15 is 0 Å². The van der Waals surface area contributed by atoms with Gasteiger partial charge in [-0.05, 0) is 46.4 Å². The molecule has 0 fully saturated rings. The Morgan fingerprint density at radius 3 is 2.06 bits per heavy atom. The third-order valence-corrected chi connectivity index (χ3v) is 2.96. The molecule has 0 heterocycles. The molecular weight excluding hydrogens is 210 g/mol. The molecule has 0 aliphatic rings. The van der Waals surface area contributed by atoms with Crippen molar-refractivity contribution in [3.63, 3.8) is 0 Å². The molecule has 0 radical (unpaired) electrons. The van der Waals surface area contributed by atoms with Crippen molar-refractivity contribution in [2.75, 3.05) is 46.8 Å². The third kappa shape index (κ3) is 9.57. The molecule has 0 bridgehead atoms. The number of hydrogen-bond donors (Lipinski definition) is 1. The third-order valence-electron chi connectivity index (χ3n) is 2.96. The molecule has 0 aromatic rings. The van der Waals surface area contributed by atoms with Crippen LogP contribution in [0.4, 0.5) is 0 Å². The van der Waals surface area contributed by atoms with E-state index in [1.807, 2.05) is 0 Å². The summed E-state index contributed by atoms with van der Waals surface area (Å²) in [5.41, 5.74) is 0. The maximum atomic E-state index is 3.56. The molecule has 0 spiro atoms. The van der Waals surface area contributed by atoms with Gasteiger partial charge in [0.2, 0.25) is 0 Å². The summed E-state index contributed by atoms with van der Waals surface area (Å²) >= 11 is 0. The molecule has 1 unspecified atom stereocenters. The Labute approximate surface area is 109 Å². The molecule has 0 aromatic carbocycles. The van der Waals surface area contributed by atoms with E-state index in [1.54, 1.807) is 0 Å². The summed E-state index contributed by atoms with van der Waals surface area (Å²) in [6.07, 6.45) is 1.24. The first-order chi connectivity index (χ1) is 7.97. The van der Waals surface area contributed by atoms with Crippen molar-refractivity contribution in [1.82, 2.24) is 15.1 Å². The van der Waals surface area contributed by atoms with E-state index in [0.717, 1.165) is 25.6 Å². The fraction of sp³-hybridized carbons (Fsp3) is 1.00. The van der Waals surface area contributed by atoms with Crippen molar-refractivity contribution in [2.45, 2.75) is 40.2 Å². The molecule has 0 saturated carbocycles.